The van der Waals surface area contributed by atoms with Crippen LogP contribution in [0.25, 0.3) is 0 Å². The number of hydrogen-bond donors (Lipinski definition) is 2. The van der Waals surface area contributed by atoms with Crippen molar-refractivity contribution in [3.05, 3.63) is 24.3 Å². The molecule has 0 aliphatic heterocycles. The van der Waals surface area contributed by atoms with Gasteiger partial charge in [0.15, 0.2) is 0 Å². The zero-order valence-corrected chi connectivity index (χ0v) is 20.3. The fourth-order valence-corrected chi connectivity index (χ4v) is 1.33. The Kier molecular flexibility index (Phi) is 15.5. The Balaban J connectivity index is -0.000000416. The minimum absolute atomic E-state index is 0.192. The molecule has 0 saturated carbocycles. The van der Waals surface area contributed by atoms with Gasteiger partial charge in [-0.15, -0.1) is 0 Å². The van der Waals surface area contributed by atoms with Crippen molar-refractivity contribution in [2.75, 3.05) is 55.5 Å². The summed E-state index contributed by atoms with van der Waals surface area (Å²) in [5.41, 5.74) is 0.679. The van der Waals surface area contributed by atoms with Crippen LogP contribution in [-0.4, -0.2) is 117 Å². The summed E-state index contributed by atoms with van der Waals surface area (Å²) in [5, 5.41) is 17.9. The van der Waals surface area contributed by atoms with Gasteiger partial charge in [-0.05, 0) is 13.8 Å². The first-order valence-electron chi connectivity index (χ1n) is 8.81. The van der Waals surface area contributed by atoms with E-state index in [9.17, 15) is 9.59 Å². The summed E-state index contributed by atoms with van der Waals surface area (Å²) in [6.45, 7) is 9.69. The molecular formula is C18H36N2O10S. The molecule has 2 atom stereocenters. The molecule has 0 amide bonds. The van der Waals surface area contributed by atoms with Crippen molar-refractivity contribution in [3.63, 3.8) is 0 Å². The van der Waals surface area contributed by atoms with Crippen molar-refractivity contribution in [2.24, 2.45) is 0 Å². The molecule has 12 nitrogen and oxygen atoms in total. The molecular weight excluding hydrogens is 436 g/mol. The first-order valence-corrected chi connectivity index (χ1v) is 10.1. The number of carbonyl (C=O) groups is 2. The summed E-state index contributed by atoms with van der Waals surface area (Å²) >= 11 is 0. The van der Waals surface area contributed by atoms with Gasteiger partial charge in [-0.3, -0.25) is 17.4 Å². The normalized spacial score (nSPS) is 13.3. The molecule has 0 rings (SSSR count). The van der Waals surface area contributed by atoms with Gasteiger partial charge in [-0.25, -0.2) is 9.59 Å². The summed E-state index contributed by atoms with van der Waals surface area (Å²) < 4.78 is 44.8. The molecule has 0 spiro atoms. The second-order valence-corrected chi connectivity index (χ2v) is 9.10. The average Bonchev–Trinajstić information content (AvgIpc) is 2.53. The van der Waals surface area contributed by atoms with Crippen LogP contribution in [0.4, 0.5) is 0 Å². The Morgan fingerprint density at radius 1 is 0.806 bits per heavy atom. The lowest BCUT2D eigenvalue weighted by molar-refractivity contribution is -0.917. The van der Waals surface area contributed by atoms with Gasteiger partial charge >= 0.3 is 11.9 Å². The van der Waals surface area contributed by atoms with Crippen molar-refractivity contribution in [1.82, 2.24) is 0 Å². The minimum Gasteiger partial charge on any atom is -0.759 e. The van der Waals surface area contributed by atoms with Crippen LogP contribution in [0.1, 0.15) is 13.8 Å². The van der Waals surface area contributed by atoms with Gasteiger partial charge in [0.05, 0.1) is 42.3 Å². The standard InChI is InChI=1S/2C9H18NO3.H2O4S/c2*1-7(2)9(12)13-8(6-11)10(3,4)5;1-5(2,3)4/h2*8,11H,1,6H2,2-5H3;(H2,1,2,3,4)/q2*+1;/p-2. The molecule has 0 aliphatic rings. The summed E-state index contributed by atoms with van der Waals surface area (Å²) in [7, 11) is 5.87. The third kappa shape index (κ3) is 21.2. The predicted octanol–water partition coefficient (Wildman–Crippen LogP) is -1.08. The molecule has 0 fully saturated rings. The number of nitrogens with zero attached hydrogens (tertiary/aromatic N) is 2. The Hall–Kier alpha value is -1.87. The highest BCUT2D eigenvalue weighted by atomic mass is 32.3. The summed E-state index contributed by atoms with van der Waals surface area (Å²) in [6, 6.07) is 0. The SMILES string of the molecule is C=C(C)C(=O)OC(CO)[N+](C)(C)C.C=C(C)C(=O)OC(CO)[N+](C)(C)C.O=S(=O)([O-])[O-]. The van der Waals surface area contributed by atoms with Crippen LogP contribution < -0.4 is 0 Å². The van der Waals surface area contributed by atoms with E-state index in [2.05, 4.69) is 13.2 Å². The van der Waals surface area contributed by atoms with Gasteiger partial charge in [0.25, 0.3) is 12.5 Å². The van der Waals surface area contributed by atoms with Crippen LogP contribution in [0, 0.1) is 0 Å². The molecule has 184 valence electrons. The van der Waals surface area contributed by atoms with Crippen molar-refractivity contribution >= 4 is 22.3 Å². The van der Waals surface area contributed by atoms with E-state index >= 15 is 0 Å². The Morgan fingerprint density at radius 2 is 1.00 bits per heavy atom. The topological polar surface area (TPSA) is 173 Å². The van der Waals surface area contributed by atoms with E-state index in [4.69, 9.17) is 37.2 Å². The maximum Gasteiger partial charge on any atom is 0.337 e. The number of ether oxygens (including phenoxy) is 2. The van der Waals surface area contributed by atoms with E-state index < -0.39 is 34.8 Å². The second-order valence-electron chi connectivity index (χ2n) is 8.29. The van der Waals surface area contributed by atoms with Gasteiger partial charge in [0, 0.05) is 21.5 Å². The molecule has 0 bridgehead atoms. The van der Waals surface area contributed by atoms with E-state index in [1.807, 2.05) is 42.3 Å². The highest BCUT2D eigenvalue weighted by Gasteiger charge is 2.27. The summed E-state index contributed by atoms with van der Waals surface area (Å²) in [4.78, 5) is 22.2. The van der Waals surface area contributed by atoms with E-state index in [0.717, 1.165) is 0 Å². The lowest BCUT2D eigenvalue weighted by Gasteiger charge is -2.31. The second kappa shape index (κ2) is 14.2. The Morgan fingerprint density at radius 3 is 1.10 bits per heavy atom. The number of carbonyl (C=O) groups excluding carboxylic acids is 2. The predicted molar refractivity (Wildman–Crippen MR) is 110 cm³/mol. The van der Waals surface area contributed by atoms with Gasteiger partial charge in [-0.1, -0.05) is 13.2 Å². The molecule has 0 aromatic rings. The van der Waals surface area contributed by atoms with Crippen molar-refractivity contribution < 1.29 is 55.8 Å². The minimum atomic E-state index is -5.17. The molecule has 0 heterocycles. The van der Waals surface area contributed by atoms with Crippen LogP contribution in [-0.2, 0) is 29.5 Å². The van der Waals surface area contributed by atoms with Crippen LogP contribution in [0.2, 0.25) is 0 Å². The monoisotopic (exact) mass is 472 g/mol. The number of rotatable bonds is 8. The summed E-state index contributed by atoms with van der Waals surface area (Å²) in [6.07, 6.45) is -1.08. The third-order valence-corrected chi connectivity index (χ3v) is 3.22. The first kappa shape index (κ1) is 33.8. The maximum absolute atomic E-state index is 11.1. The van der Waals surface area contributed by atoms with E-state index in [1.165, 1.54) is 0 Å². The van der Waals surface area contributed by atoms with Gasteiger partial charge in [0.1, 0.15) is 13.2 Å². The highest BCUT2D eigenvalue weighted by molar-refractivity contribution is 7.79. The van der Waals surface area contributed by atoms with Gasteiger partial charge < -0.3 is 28.8 Å². The van der Waals surface area contributed by atoms with Gasteiger partial charge in [-0.2, -0.15) is 0 Å². The molecule has 0 aromatic carbocycles. The number of aliphatic hydroxyl groups excluding tert-OH is 2. The average molecular weight is 473 g/mol. The fourth-order valence-electron chi connectivity index (χ4n) is 1.33. The number of quaternary nitrogens is 2. The first-order chi connectivity index (χ1) is 13.6. The Bertz CT molecular complexity index is 652. The van der Waals surface area contributed by atoms with E-state index in [-0.39, 0.29) is 13.2 Å². The zero-order valence-electron chi connectivity index (χ0n) is 19.4. The smallest absolute Gasteiger partial charge is 0.337 e. The fraction of sp³-hybridized carbons (Fsp3) is 0.667. The molecule has 13 heteroatoms. The molecule has 0 aliphatic carbocycles. The zero-order chi connectivity index (χ0) is 25.8. The van der Waals surface area contributed by atoms with Crippen LogP contribution in [0.5, 0.6) is 0 Å². The molecule has 0 radical (unpaired) electrons. The molecule has 31 heavy (non-hydrogen) atoms. The number of hydrogen-bond acceptors (Lipinski definition) is 10. The number of aliphatic hydroxyl groups is 2. The highest BCUT2D eigenvalue weighted by Crippen LogP contribution is 2.07. The summed E-state index contributed by atoms with van der Waals surface area (Å²) in [5.74, 6) is -0.931. The van der Waals surface area contributed by atoms with E-state index in [0.29, 0.717) is 20.1 Å². The molecule has 0 saturated heterocycles. The largest absolute Gasteiger partial charge is 0.759 e. The van der Waals surface area contributed by atoms with Crippen molar-refractivity contribution in [2.45, 2.75) is 26.3 Å². The van der Waals surface area contributed by atoms with Crippen LogP contribution in [0.3, 0.4) is 0 Å². The third-order valence-electron chi connectivity index (χ3n) is 3.22. The molecule has 2 unspecified atom stereocenters. The maximum atomic E-state index is 11.1. The van der Waals surface area contributed by atoms with Crippen LogP contribution >= 0.6 is 0 Å². The van der Waals surface area contributed by atoms with Gasteiger partial charge in [0.2, 0.25) is 0 Å². The van der Waals surface area contributed by atoms with Crippen molar-refractivity contribution in [3.8, 4) is 0 Å². The molecule has 2 N–H and O–H groups in total. The molecule has 0 aromatic heterocycles. The van der Waals surface area contributed by atoms with Crippen molar-refractivity contribution in [1.29, 1.82) is 0 Å². The lowest BCUT2D eigenvalue weighted by atomic mass is 10.3. The number of likely N-dealkylation sites (N-methyl/N-ethyl adjacent to an activating group) is 2. The lowest BCUT2D eigenvalue weighted by Crippen LogP contribution is -2.49. The quantitative estimate of drug-likeness (QED) is 0.110. The van der Waals surface area contributed by atoms with E-state index in [1.54, 1.807) is 13.8 Å². The van der Waals surface area contributed by atoms with Crippen LogP contribution in [0.15, 0.2) is 24.3 Å². The Labute approximate surface area is 184 Å². The number of esters is 2.